The maximum absolute atomic E-state index is 5.86. The molecule has 0 amide bonds. The number of furan rings is 1. The molecule has 2 aliphatic rings. The van der Waals surface area contributed by atoms with Gasteiger partial charge in [-0.25, -0.2) is 0 Å². The van der Waals surface area contributed by atoms with Crippen LogP contribution in [0, 0.1) is 12.8 Å². The molecule has 2 atom stereocenters. The SMILES string of the molecule is Cc1ccc(C(C)N2CCCNC(C3CCCCC3)C2)o1. The van der Waals surface area contributed by atoms with Crippen LogP contribution in [-0.2, 0) is 0 Å². The molecule has 0 bridgehead atoms. The van der Waals surface area contributed by atoms with Crippen LogP contribution >= 0.6 is 0 Å². The van der Waals surface area contributed by atoms with E-state index in [1.807, 2.05) is 6.92 Å². The van der Waals surface area contributed by atoms with Gasteiger partial charge in [0.05, 0.1) is 6.04 Å². The Morgan fingerprint density at radius 2 is 2.00 bits per heavy atom. The molecule has 0 spiro atoms. The summed E-state index contributed by atoms with van der Waals surface area (Å²) in [5.41, 5.74) is 0. The normalized spacial score (nSPS) is 27.4. The number of nitrogens with zero attached hydrogens (tertiary/aromatic N) is 1. The fourth-order valence-corrected chi connectivity index (χ4v) is 4.04. The molecule has 2 fully saturated rings. The zero-order chi connectivity index (χ0) is 14.7. The predicted molar refractivity (Wildman–Crippen MR) is 86.4 cm³/mol. The first-order valence-electron chi connectivity index (χ1n) is 8.78. The minimum atomic E-state index is 0.393. The zero-order valence-electron chi connectivity index (χ0n) is 13.6. The lowest BCUT2D eigenvalue weighted by Crippen LogP contribution is -2.44. The van der Waals surface area contributed by atoms with Gasteiger partial charge in [-0.15, -0.1) is 0 Å². The van der Waals surface area contributed by atoms with E-state index in [0.717, 1.165) is 17.4 Å². The first-order valence-corrected chi connectivity index (χ1v) is 8.78. The molecular formula is C18H30N2O. The van der Waals surface area contributed by atoms with Crippen molar-refractivity contribution in [3.8, 4) is 0 Å². The molecule has 3 rings (SSSR count). The summed E-state index contributed by atoms with van der Waals surface area (Å²) in [7, 11) is 0. The fraction of sp³-hybridized carbons (Fsp3) is 0.778. The van der Waals surface area contributed by atoms with E-state index in [2.05, 4.69) is 29.3 Å². The van der Waals surface area contributed by atoms with Crippen LogP contribution < -0.4 is 5.32 Å². The Morgan fingerprint density at radius 3 is 2.71 bits per heavy atom. The van der Waals surface area contributed by atoms with Crippen LogP contribution in [0.5, 0.6) is 0 Å². The van der Waals surface area contributed by atoms with Crippen molar-refractivity contribution in [1.82, 2.24) is 10.2 Å². The maximum atomic E-state index is 5.86. The van der Waals surface area contributed by atoms with E-state index < -0.39 is 0 Å². The summed E-state index contributed by atoms with van der Waals surface area (Å²) in [5, 5.41) is 3.82. The minimum absolute atomic E-state index is 0.393. The number of rotatable bonds is 3. The smallest absolute Gasteiger partial charge is 0.121 e. The van der Waals surface area contributed by atoms with Crippen LogP contribution in [0.3, 0.4) is 0 Å². The average molecular weight is 290 g/mol. The van der Waals surface area contributed by atoms with E-state index in [-0.39, 0.29) is 0 Å². The summed E-state index contributed by atoms with van der Waals surface area (Å²) < 4.78 is 5.86. The summed E-state index contributed by atoms with van der Waals surface area (Å²) >= 11 is 0. The van der Waals surface area contributed by atoms with Crippen molar-refractivity contribution >= 4 is 0 Å². The third kappa shape index (κ3) is 3.70. The number of aryl methyl sites for hydroxylation is 1. The standard InChI is InChI=1S/C18H30N2O/c1-14-9-10-18(21-14)15(2)20-12-6-11-19-17(13-20)16-7-4-3-5-8-16/h9-10,15-17,19H,3-8,11-13H2,1-2H3. The van der Waals surface area contributed by atoms with Crippen LogP contribution in [-0.4, -0.2) is 30.6 Å². The second kappa shape index (κ2) is 6.97. The predicted octanol–water partition coefficient (Wildman–Crippen LogP) is 3.89. The molecule has 1 saturated carbocycles. The molecule has 118 valence electrons. The molecule has 21 heavy (non-hydrogen) atoms. The maximum Gasteiger partial charge on any atom is 0.121 e. The van der Waals surface area contributed by atoms with Crippen molar-refractivity contribution in [2.24, 2.45) is 5.92 Å². The summed E-state index contributed by atoms with van der Waals surface area (Å²) in [5.74, 6) is 3.02. The van der Waals surface area contributed by atoms with Gasteiger partial charge >= 0.3 is 0 Å². The lowest BCUT2D eigenvalue weighted by atomic mass is 9.83. The van der Waals surface area contributed by atoms with Gasteiger partial charge in [0.15, 0.2) is 0 Å². The molecule has 1 N–H and O–H groups in total. The second-order valence-electron chi connectivity index (χ2n) is 6.93. The Bertz CT molecular complexity index is 436. The van der Waals surface area contributed by atoms with Gasteiger partial charge in [-0.05, 0) is 57.7 Å². The molecule has 1 aromatic rings. The number of nitrogens with one attached hydrogen (secondary N) is 1. The molecule has 3 heteroatoms. The van der Waals surface area contributed by atoms with Crippen molar-refractivity contribution in [2.45, 2.75) is 64.5 Å². The lowest BCUT2D eigenvalue weighted by Gasteiger charge is -2.34. The largest absolute Gasteiger partial charge is 0.465 e. The van der Waals surface area contributed by atoms with Gasteiger partial charge in [-0.1, -0.05) is 19.3 Å². The zero-order valence-corrected chi connectivity index (χ0v) is 13.6. The highest BCUT2D eigenvalue weighted by Crippen LogP contribution is 2.30. The highest BCUT2D eigenvalue weighted by Gasteiger charge is 2.29. The first kappa shape index (κ1) is 15.1. The van der Waals surface area contributed by atoms with Crippen LogP contribution in [0.1, 0.15) is 63.0 Å². The Hall–Kier alpha value is -0.800. The Balaban J connectivity index is 1.66. The molecule has 2 unspecified atom stereocenters. The van der Waals surface area contributed by atoms with E-state index >= 15 is 0 Å². The van der Waals surface area contributed by atoms with Crippen molar-refractivity contribution in [3.05, 3.63) is 23.7 Å². The molecule has 1 aliphatic carbocycles. The Kier molecular flexibility index (Phi) is 5.02. The molecule has 2 heterocycles. The monoisotopic (exact) mass is 290 g/mol. The van der Waals surface area contributed by atoms with Crippen molar-refractivity contribution < 1.29 is 4.42 Å². The molecule has 1 aromatic heterocycles. The van der Waals surface area contributed by atoms with Gasteiger partial charge in [0.1, 0.15) is 11.5 Å². The Labute approximate surface area is 129 Å². The van der Waals surface area contributed by atoms with Gasteiger partial charge in [0, 0.05) is 19.1 Å². The fourth-order valence-electron chi connectivity index (χ4n) is 4.04. The van der Waals surface area contributed by atoms with E-state index in [0.29, 0.717) is 12.1 Å². The molecule has 3 nitrogen and oxygen atoms in total. The van der Waals surface area contributed by atoms with Gasteiger partial charge in [-0.2, -0.15) is 0 Å². The van der Waals surface area contributed by atoms with Gasteiger partial charge < -0.3 is 9.73 Å². The van der Waals surface area contributed by atoms with Crippen LogP contribution in [0.2, 0.25) is 0 Å². The van der Waals surface area contributed by atoms with Crippen LogP contribution in [0.25, 0.3) is 0 Å². The highest BCUT2D eigenvalue weighted by atomic mass is 16.3. The third-order valence-electron chi connectivity index (χ3n) is 5.40. The van der Waals surface area contributed by atoms with Gasteiger partial charge in [0.25, 0.3) is 0 Å². The van der Waals surface area contributed by atoms with E-state index in [1.54, 1.807) is 0 Å². The van der Waals surface area contributed by atoms with Crippen LogP contribution in [0.4, 0.5) is 0 Å². The Morgan fingerprint density at radius 1 is 1.19 bits per heavy atom. The number of hydrogen-bond acceptors (Lipinski definition) is 3. The quantitative estimate of drug-likeness (QED) is 0.915. The molecular weight excluding hydrogens is 260 g/mol. The molecule has 0 radical (unpaired) electrons. The first-order chi connectivity index (χ1) is 10.2. The van der Waals surface area contributed by atoms with Gasteiger partial charge in [-0.3, -0.25) is 4.90 Å². The highest BCUT2D eigenvalue weighted by molar-refractivity contribution is 5.09. The summed E-state index contributed by atoms with van der Waals surface area (Å²) in [6.45, 7) is 7.84. The summed E-state index contributed by atoms with van der Waals surface area (Å²) in [6.07, 6.45) is 8.37. The molecule has 1 saturated heterocycles. The molecule has 1 aliphatic heterocycles. The lowest BCUT2D eigenvalue weighted by molar-refractivity contribution is 0.156. The third-order valence-corrected chi connectivity index (χ3v) is 5.40. The van der Waals surface area contributed by atoms with Gasteiger partial charge in [0.2, 0.25) is 0 Å². The van der Waals surface area contributed by atoms with E-state index in [1.165, 1.54) is 58.2 Å². The second-order valence-corrected chi connectivity index (χ2v) is 6.93. The van der Waals surface area contributed by atoms with Crippen molar-refractivity contribution in [3.63, 3.8) is 0 Å². The van der Waals surface area contributed by atoms with Crippen molar-refractivity contribution in [2.75, 3.05) is 19.6 Å². The molecule has 0 aromatic carbocycles. The van der Waals surface area contributed by atoms with E-state index in [9.17, 15) is 0 Å². The summed E-state index contributed by atoms with van der Waals surface area (Å²) in [4.78, 5) is 2.62. The average Bonchev–Trinajstić information content (AvgIpc) is 2.81. The summed E-state index contributed by atoms with van der Waals surface area (Å²) in [6, 6.07) is 5.30. The van der Waals surface area contributed by atoms with Crippen molar-refractivity contribution in [1.29, 1.82) is 0 Å². The topological polar surface area (TPSA) is 28.4 Å². The minimum Gasteiger partial charge on any atom is -0.465 e. The van der Waals surface area contributed by atoms with E-state index in [4.69, 9.17) is 4.42 Å². The number of hydrogen-bond donors (Lipinski definition) is 1. The van der Waals surface area contributed by atoms with Crippen LogP contribution in [0.15, 0.2) is 16.5 Å².